The van der Waals surface area contributed by atoms with Crippen LogP contribution in [0.5, 0.6) is 0 Å². The molecule has 0 saturated heterocycles. The minimum atomic E-state index is -0.277. The van der Waals surface area contributed by atoms with Crippen molar-refractivity contribution < 1.29 is 0 Å². The van der Waals surface area contributed by atoms with Crippen molar-refractivity contribution in [1.82, 2.24) is 0 Å². The second-order valence-corrected chi connectivity index (χ2v) is 10.4. The molecule has 0 aromatic heterocycles. The molecule has 0 atom stereocenters. The zero-order valence-corrected chi connectivity index (χ0v) is 21.2. The zero-order valence-electron chi connectivity index (χ0n) is 21.2. The summed E-state index contributed by atoms with van der Waals surface area (Å²) in [4.78, 5) is 0. The Kier molecular flexibility index (Phi) is 10.5. The van der Waals surface area contributed by atoms with Gasteiger partial charge in [-0.15, -0.1) is 0 Å². The monoisotopic (exact) mass is 443 g/mol. The number of nitriles is 1. The van der Waals surface area contributed by atoms with Gasteiger partial charge < -0.3 is 0 Å². The fraction of sp³-hybridized carbons (Fsp3) is 0.594. The van der Waals surface area contributed by atoms with Gasteiger partial charge in [-0.25, -0.2) is 0 Å². The number of aryl methyl sites for hydroxylation is 1. The molecule has 0 N–H and O–H groups in total. The SMILES string of the molecule is CCCCCCCCc1ccc(-c2ccc(C3(C#N)CCC(CCCCC)CC3)cc2)cc1. The normalized spacial score (nSPS) is 20.5. The van der Waals surface area contributed by atoms with Crippen LogP contribution in [0, 0.1) is 17.2 Å². The summed E-state index contributed by atoms with van der Waals surface area (Å²) in [6, 6.07) is 20.8. The van der Waals surface area contributed by atoms with E-state index in [1.807, 2.05) is 0 Å². The Morgan fingerprint density at radius 1 is 0.727 bits per heavy atom. The lowest BCUT2D eigenvalue weighted by Gasteiger charge is -2.35. The lowest BCUT2D eigenvalue weighted by atomic mass is 9.66. The van der Waals surface area contributed by atoms with Gasteiger partial charge in [0, 0.05) is 0 Å². The molecule has 0 radical (unpaired) electrons. The van der Waals surface area contributed by atoms with Crippen molar-refractivity contribution in [2.75, 3.05) is 0 Å². The molecule has 1 aliphatic rings. The van der Waals surface area contributed by atoms with E-state index in [1.54, 1.807) is 0 Å². The minimum Gasteiger partial charge on any atom is -0.197 e. The molecule has 1 nitrogen and oxygen atoms in total. The summed E-state index contributed by atoms with van der Waals surface area (Å²) >= 11 is 0. The molecule has 0 aliphatic heterocycles. The van der Waals surface area contributed by atoms with Gasteiger partial charge in [-0.3, -0.25) is 0 Å². The summed E-state index contributed by atoms with van der Waals surface area (Å²) in [7, 11) is 0. The molecule has 1 heteroatoms. The van der Waals surface area contributed by atoms with Crippen molar-refractivity contribution in [1.29, 1.82) is 5.26 Å². The second-order valence-electron chi connectivity index (χ2n) is 10.4. The molecule has 0 unspecified atom stereocenters. The van der Waals surface area contributed by atoms with E-state index in [0.29, 0.717) is 0 Å². The van der Waals surface area contributed by atoms with Crippen LogP contribution >= 0.6 is 0 Å². The first-order chi connectivity index (χ1) is 16.2. The molecule has 33 heavy (non-hydrogen) atoms. The predicted molar refractivity (Wildman–Crippen MR) is 142 cm³/mol. The summed E-state index contributed by atoms with van der Waals surface area (Å²) in [6.45, 7) is 4.55. The average Bonchev–Trinajstić information content (AvgIpc) is 2.87. The van der Waals surface area contributed by atoms with E-state index in [1.165, 1.54) is 106 Å². The van der Waals surface area contributed by atoms with Crippen molar-refractivity contribution >= 4 is 0 Å². The van der Waals surface area contributed by atoms with Crippen LogP contribution in [0.3, 0.4) is 0 Å². The molecule has 2 aromatic carbocycles. The highest BCUT2D eigenvalue weighted by Crippen LogP contribution is 2.43. The topological polar surface area (TPSA) is 23.8 Å². The quantitative estimate of drug-likeness (QED) is 0.283. The highest BCUT2D eigenvalue weighted by molar-refractivity contribution is 5.64. The number of benzene rings is 2. The third kappa shape index (κ3) is 7.46. The highest BCUT2D eigenvalue weighted by atomic mass is 14.4. The number of rotatable bonds is 13. The van der Waals surface area contributed by atoms with Gasteiger partial charge in [-0.1, -0.05) is 120 Å². The van der Waals surface area contributed by atoms with E-state index in [-0.39, 0.29) is 5.41 Å². The van der Waals surface area contributed by atoms with Crippen LogP contribution in [0.2, 0.25) is 0 Å². The first-order valence-corrected chi connectivity index (χ1v) is 13.8. The van der Waals surface area contributed by atoms with E-state index in [9.17, 15) is 5.26 Å². The molecule has 178 valence electrons. The Labute approximate surface area is 203 Å². The molecule has 1 aliphatic carbocycles. The Hall–Kier alpha value is -2.07. The van der Waals surface area contributed by atoms with Crippen LogP contribution in [0.4, 0.5) is 0 Å². The van der Waals surface area contributed by atoms with Crippen LogP contribution in [-0.2, 0) is 11.8 Å². The maximum Gasteiger partial charge on any atom is 0.0822 e. The third-order valence-electron chi connectivity index (χ3n) is 7.93. The summed E-state index contributed by atoms with van der Waals surface area (Å²) < 4.78 is 0. The van der Waals surface area contributed by atoms with E-state index in [0.717, 1.165) is 18.8 Å². The van der Waals surface area contributed by atoms with Crippen LogP contribution in [-0.4, -0.2) is 0 Å². The van der Waals surface area contributed by atoms with Gasteiger partial charge in [0.05, 0.1) is 11.5 Å². The summed E-state index contributed by atoms with van der Waals surface area (Å²) in [5.41, 5.74) is 4.93. The molecule has 3 rings (SSSR count). The third-order valence-corrected chi connectivity index (χ3v) is 7.93. The molecule has 0 heterocycles. The zero-order chi connectivity index (χ0) is 23.4. The summed E-state index contributed by atoms with van der Waals surface area (Å²) in [5, 5.41) is 10.1. The van der Waals surface area contributed by atoms with Crippen LogP contribution in [0.25, 0.3) is 11.1 Å². The largest absolute Gasteiger partial charge is 0.197 e. The first kappa shape index (κ1) is 25.6. The average molecular weight is 444 g/mol. The van der Waals surface area contributed by atoms with Crippen molar-refractivity contribution in [2.45, 2.75) is 116 Å². The fourth-order valence-corrected chi connectivity index (χ4v) is 5.56. The van der Waals surface area contributed by atoms with E-state index >= 15 is 0 Å². The molecular weight excluding hydrogens is 398 g/mol. The molecule has 0 amide bonds. The van der Waals surface area contributed by atoms with E-state index < -0.39 is 0 Å². The van der Waals surface area contributed by atoms with Crippen LogP contribution in [0.15, 0.2) is 48.5 Å². The van der Waals surface area contributed by atoms with E-state index in [4.69, 9.17) is 0 Å². The lowest BCUT2D eigenvalue weighted by molar-refractivity contribution is 0.262. The van der Waals surface area contributed by atoms with Gasteiger partial charge in [-0.05, 0) is 66.7 Å². The van der Waals surface area contributed by atoms with E-state index in [2.05, 4.69) is 68.4 Å². The minimum absolute atomic E-state index is 0.277. The molecule has 0 bridgehead atoms. The van der Waals surface area contributed by atoms with Gasteiger partial charge in [0.2, 0.25) is 0 Å². The summed E-state index contributed by atoms with van der Waals surface area (Å²) in [5.74, 6) is 0.826. The van der Waals surface area contributed by atoms with Gasteiger partial charge in [-0.2, -0.15) is 5.26 Å². The molecular formula is C32H45N. The molecule has 0 spiro atoms. The van der Waals surface area contributed by atoms with Crippen molar-refractivity contribution in [3.63, 3.8) is 0 Å². The first-order valence-electron chi connectivity index (χ1n) is 13.8. The standard InChI is InChI=1S/C32H45N/c1-3-5-7-8-9-11-13-27-14-16-29(17-15-27)30-18-20-31(21-19-30)32(26-33)24-22-28(23-25-32)12-10-6-4-2/h14-21,28H,3-13,22-25H2,1-2H3. The number of hydrogen-bond donors (Lipinski definition) is 0. The van der Waals surface area contributed by atoms with Gasteiger partial charge in [0.15, 0.2) is 0 Å². The number of hydrogen-bond acceptors (Lipinski definition) is 1. The molecule has 1 fully saturated rings. The van der Waals surface area contributed by atoms with Crippen LogP contribution < -0.4 is 0 Å². The van der Waals surface area contributed by atoms with Crippen LogP contribution in [0.1, 0.15) is 115 Å². The van der Waals surface area contributed by atoms with Crippen molar-refractivity contribution in [3.8, 4) is 17.2 Å². The molecule has 2 aromatic rings. The number of nitrogens with zero attached hydrogens (tertiary/aromatic N) is 1. The highest BCUT2D eigenvalue weighted by Gasteiger charge is 2.36. The fourth-order valence-electron chi connectivity index (χ4n) is 5.56. The second kappa shape index (κ2) is 13.6. The Morgan fingerprint density at radius 2 is 1.27 bits per heavy atom. The Bertz CT molecular complexity index is 832. The Balaban J connectivity index is 1.53. The Morgan fingerprint density at radius 3 is 1.88 bits per heavy atom. The van der Waals surface area contributed by atoms with Crippen molar-refractivity contribution in [3.05, 3.63) is 59.7 Å². The van der Waals surface area contributed by atoms with Gasteiger partial charge in [0.25, 0.3) is 0 Å². The molecule has 1 saturated carbocycles. The van der Waals surface area contributed by atoms with Gasteiger partial charge in [0.1, 0.15) is 0 Å². The predicted octanol–water partition coefficient (Wildman–Crippen LogP) is 9.79. The smallest absolute Gasteiger partial charge is 0.0822 e. The van der Waals surface area contributed by atoms with Crippen molar-refractivity contribution in [2.24, 2.45) is 5.92 Å². The lowest BCUT2D eigenvalue weighted by Crippen LogP contribution is -2.30. The maximum absolute atomic E-state index is 10.1. The van der Waals surface area contributed by atoms with Gasteiger partial charge >= 0.3 is 0 Å². The maximum atomic E-state index is 10.1. The number of unbranched alkanes of at least 4 members (excludes halogenated alkanes) is 7. The summed E-state index contributed by atoms with van der Waals surface area (Å²) in [6.07, 6.45) is 19.1.